The minimum Gasteiger partial charge on any atom is -0.494 e. The first-order valence-corrected chi connectivity index (χ1v) is 12.3. The molecule has 166 valence electrons. The number of hydrogen-bond acceptors (Lipinski definition) is 4. The normalized spacial score (nSPS) is 21.4. The molecule has 7 heteroatoms. The zero-order valence-corrected chi connectivity index (χ0v) is 19.3. The van der Waals surface area contributed by atoms with Gasteiger partial charge in [0.05, 0.1) is 12.4 Å². The highest BCUT2D eigenvalue weighted by Gasteiger charge is 2.48. The van der Waals surface area contributed by atoms with E-state index in [-0.39, 0.29) is 28.8 Å². The lowest BCUT2D eigenvalue weighted by atomic mass is 10.0. The van der Waals surface area contributed by atoms with Gasteiger partial charge in [0, 0.05) is 37.5 Å². The highest BCUT2D eigenvalue weighted by molar-refractivity contribution is 8.00. The maximum atomic E-state index is 12.9. The average Bonchev–Trinajstić information content (AvgIpc) is 3.18. The van der Waals surface area contributed by atoms with Gasteiger partial charge in [-0.2, -0.15) is 0 Å². The number of hydrogen-bond donors (Lipinski definition) is 2. The summed E-state index contributed by atoms with van der Waals surface area (Å²) in [6.45, 7) is 8.44. The molecule has 3 N–H and O–H groups in total. The van der Waals surface area contributed by atoms with Crippen molar-refractivity contribution in [1.82, 2.24) is 10.2 Å². The Bertz CT molecular complexity index is 717. The number of benzene rings is 1. The lowest BCUT2D eigenvalue weighted by Crippen LogP contribution is -3.00. The predicted octanol–water partition coefficient (Wildman–Crippen LogP) is 2.39. The molecule has 3 rings (SSSR count). The van der Waals surface area contributed by atoms with Gasteiger partial charge in [0.2, 0.25) is 0 Å². The Morgan fingerprint density at radius 1 is 1.27 bits per heavy atom. The molecule has 0 saturated carbocycles. The molecule has 2 heterocycles. The molecule has 0 unspecified atom stereocenters. The number of ether oxygens (including phenoxy) is 1. The SMILES string of the molecule is CCCCOc1ccc(C(=O)N2CCC3(CC2)[NH2+][C@H](C(=O)N[C@@H](C)CC)CS3)cc1. The number of carbonyl (C=O) groups is 2. The summed E-state index contributed by atoms with van der Waals surface area (Å²) < 4.78 is 5.69. The molecular formula is C23H36N3O3S+. The van der Waals surface area contributed by atoms with Gasteiger partial charge in [-0.05, 0) is 44.0 Å². The number of nitrogens with one attached hydrogen (secondary N) is 1. The van der Waals surface area contributed by atoms with Crippen molar-refractivity contribution >= 4 is 23.6 Å². The van der Waals surface area contributed by atoms with Crippen molar-refractivity contribution in [3.8, 4) is 5.75 Å². The number of thioether (sulfide) groups is 1. The Morgan fingerprint density at radius 2 is 1.97 bits per heavy atom. The van der Waals surface area contributed by atoms with Crippen LogP contribution in [0.4, 0.5) is 0 Å². The summed E-state index contributed by atoms with van der Waals surface area (Å²) in [7, 11) is 0. The Balaban J connectivity index is 1.49. The molecule has 0 aromatic heterocycles. The van der Waals surface area contributed by atoms with Crippen LogP contribution in [-0.4, -0.2) is 59.1 Å². The Hall–Kier alpha value is -1.73. The lowest BCUT2D eigenvalue weighted by Gasteiger charge is -2.36. The first-order valence-electron chi connectivity index (χ1n) is 11.3. The number of rotatable bonds is 8. The van der Waals surface area contributed by atoms with Crippen molar-refractivity contribution in [2.24, 2.45) is 0 Å². The van der Waals surface area contributed by atoms with E-state index in [2.05, 4.69) is 24.5 Å². The van der Waals surface area contributed by atoms with E-state index in [1.165, 1.54) is 0 Å². The number of carbonyl (C=O) groups excluding carboxylic acids is 2. The summed E-state index contributed by atoms with van der Waals surface area (Å²) in [6, 6.07) is 7.69. The second-order valence-electron chi connectivity index (χ2n) is 8.49. The van der Waals surface area contributed by atoms with Gasteiger partial charge in [-0.3, -0.25) is 9.59 Å². The van der Waals surface area contributed by atoms with Gasteiger partial charge in [-0.25, -0.2) is 0 Å². The van der Waals surface area contributed by atoms with Crippen molar-refractivity contribution < 1.29 is 19.6 Å². The van der Waals surface area contributed by atoms with Crippen LogP contribution < -0.4 is 15.4 Å². The van der Waals surface area contributed by atoms with E-state index in [1.54, 1.807) is 0 Å². The standard InChI is InChI=1S/C23H35N3O3S/c1-4-6-15-29-19-9-7-18(8-10-19)22(28)26-13-11-23(12-14-26)25-20(16-30-23)21(27)24-17(3)5-2/h7-10,17,20,25H,4-6,11-16H2,1-3H3,(H,24,27)/p+1/t17-,20-/m0/s1. The summed E-state index contributed by atoms with van der Waals surface area (Å²) in [5.41, 5.74) is 0.711. The van der Waals surface area contributed by atoms with E-state index in [0.717, 1.165) is 56.7 Å². The molecule has 1 spiro atoms. The molecule has 0 bridgehead atoms. The lowest BCUT2D eigenvalue weighted by molar-refractivity contribution is -0.714. The molecule has 2 aliphatic rings. The largest absolute Gasteiger partial charge is 0.494 e. The third-order valence-electron chi connectivity index (χ3n) is 6.16. The topological polar surface area (TPSA) is 75.2 Å². The number of likely N-dealkylation sites (tertiary alicyclic amines) is 1. The highest BCUT2D eigenvalue weighted by atomic mass is 32.2. The van der Waals surface area contributed by atoms with Crippen LogP contribution in [0.1, 0.15) is 63.2 Å². The second-order valence-corrected chi connectivity index (χ2v) is 9.92. The molecule has 6 nitrogen and oxygen atoms in total. The number of quaternary nitrogens is 1. The van der Waals surface area contributed by atoms with Crippen LogP contribution >= 0.6 is 11.8 Å². The van der Waals surface area contributed by atoms with Crippen LogP contribution in [0.15, 0.2) is 24.3 Å². The number of nitrogens with zero attached hydrogens (tertiary/aromatic N) is 1. The van der Waals surface area contributed by atoms with Crippen molar-refractivity contribution in [1.29, 1.82) is 0 Å². The van der Waals surface area contributed by atoms with Crippen molar-refractivity contribution in [3.05, 3.63) is 29.8 Å². The number of amides is 2. The van der Waals surface area contributed by atoms with Crippen LogP contribution in [0.3, 0.4) is 0 Å². The van der Waals surface area contributed by atoms with Crippen LogP contribution in [0.25, 0.3) is 0 Å². The zero-order valence-electron chi connectivity index (χ0n) is 18.5. The van der Waals surface area contributed by atoms with Gasteiger partial charge in [0.25, 0.3) is 11.8 Å². The summed E-state index contributed by atoms with van der Waals surface area (Å²) in [6.07, 6.45) is 4.90. The third kappa shape index (κ3) is 5.70. The van der Waals surface area contributed by atoms with Crippen LogP contribution in [-0.2, 0) is 4.79 Å². The fourth-order valence-corrected chi connectivity index (χ4v) is 5.42. The van der Waals surface area contributed by atoms with Crippen molar-refractivity contribution in [2.75, 3.05) is 25.4 Å². The van der Waals surface area contributed by atoms with Gasteiger partial charge in [-0.1, -0.05) is 32.0 Å². The van der Waals surface area contributed by atoms with E-state index < -0.39 is 0 Å². The van der Waals surface area contributed by atoms with Gasteiger partial charge in [-0.15, -0.1) is 0 Å². The Morgan fingerprint density at radius 3 is 2.60 bits per heavy atom. The van der Waals surface area contributed by atoms with E-state index >= 15 is 0 Å². The maximum absolute atomic E-state index is 12.9. The minimum atomic E-state index is -0.0218. The Kier molecular flexibility index (Phi) is 8.06. The number of piperidine rings is 1. The van der Waals surface area contributed by atoms with Gasteiger partial charge < -0.3 is 20.3 Å². The van der Waals surface area contributed by atoms with Gasteiger partial charge in [0.15, 0.2) is 6.04 Å². The molecule has 1 aromatic rings. The van der Waals surface area contributed by atoms with Crippen LogP contribution in [0.5, 0.6) is 5.75 Å². The third-order valence-corrected chi connectivity index (χ3v) is 7.80. The van der Waals surface area contributed by atoms with E-state index in [4.69, 9.17) is 4.74 Å². The van der Waals surface area contributed by atoms with E-state index in [0.29, 0.717) is 12.2 Å². The van der Waals surface area contributed by atoms with Crippen LogP contribution in [0, 0.1) is 0 Å². The zero-order chi connectivity index (χ0) is 21.6. The summed E-state index contributed by atoms with van der Waals surface area (Å²) in [4.78, 5) is 27.4. The van der Waals surface area contributed by atoms with Crippen molar-refractivity contribution in [2.45, 2.75) is 69.8 Å². The van der Waals surface area contributed by atoms with Crippen molar-refractivity contribution in [3.63, 3.8) is 0 Å². The first kappa shape index (κ1) is 22.9. The highest BCUT2D eigenvalue weighted by Crippen LogP contribution is 2.34. The van der Waals surface area contributed by atoms with Crippen LogP contribution in [0.2, 0.25) is 0 Å². The number of nitrogens with two attached hydrogens (primary N) is 1. The Labute approximate surface area is 184 Å². The second kappa shape index (κ2) is 10.5. The maximum Gasteiger partial charge on any atom is 0.279 e. The molecule has 2 atom stereocenters. The molecule has 30 heavy (non-hydrogen) atoms. The summed E-state index contributed by atoms with van der Waals surface area (Å²) in [5.74, 6) is 1.89. The van der Waals surface area contributed by atoms with Gasteiger partial charge in [0.1, 0.15) is 10.6 Å². The quantitative estimate of drug-likeness (QED) is 0.616. The fourth-order valence-electron chi connectivity index (χ4n) is 3.93. The monoisotopic (exact) mass is 434 g/mol. The van der Waals surface area contributed by atoms with E-state index in [9.17, 15) is 9.59 Å². The molecule has 2 aliphatic heterocycles. The molecule has 0 aliphatic carbocycles. The summed E-state index contributed by atoms with van der Waals surface area (Å²) in [5, 5.41) is 5.35. The predicted molar refractivity (Wildman–Crippen MR) is 121 cm³/mol. The smallest absolute Gasteiger partial charge is 0.279 e. The molecule has 1 aromatic carbocycles. The molecular weight excluding hydrogens is 398 g/mol. The number of unbranched alkanes of at least 4 members (excludes halogenated alkanes) is 1. The average molecular weight is 435 g/mol. The molecule has 2 fully saturated rings. The molecule has 0 radical (unpaired) electrons. The molecule has 2 amide bonds. The minimum absolute atomic E-state index is 0.0218. The summed E-state index contributed by atoms with van der Waals surface area (Å²) >= 11 is 1.89. The first-order chi connectivity index (χ1) is 14.5. The molecule has 2 saturated heterocycles. The van der Waals surface area contributed by atoms with Gasteiger partial charge >= 0.3 is 0 Å². The fraction of sp³-hybridized carbons (Fsp3) is 0.652. The van der Waals surface area contributed by atoms with E-state index in [1.807, 2.05) is 47.9 Å².